The van der Waals surface area contributed by atoms with Crippen molar-refractivity contribution < 1.29 is 9.53 Å². The minimum atomic E-state index is -0.228. The summed E-state index contributed by atoms with van der Waals surface area (Å²) >= 11 is 5.97. The van der Waals surface area contributed by atoms with E-state index >= 15 is 0 Å². The van der Waals surface area contributed by atoms with E-state index in [1.54, 1.807) is 0 Å². The van der Waals surface area contributed by atoms with Crippen molar-refractivity contribution in [1.82, 2.24) is 5.32 Å². The van der Waals surface area contributed by atoms with E-state index in [9.17, 15) is 4.79 Å². The van der Waals surface area contributed by atoms with Gasteiger partial charge in [0.15, 0.2) is 0 Å². The van der Waals surface area contributed by atoms with E-state index in [-0.39, 0.29) is 11.4 Å². The van der Waals surface area contributed by atoms with Gasteiger partial charge in [-0.2, -0.15) is 0 Å². The summed E-state index contributed by atoms with van der Waals surface area (Å²) < 4.78 is 5.30. The van der Waals surface area contributed by atoms with Crippen LogP contribution in [0.3, 0.4) is 0 Å². The molecular formula is C12H22ClNO2. The van der Waals surface area contributed by atoms with E-state index in [1.807, 2.05) is 0 Å². The van der Waals surface area contributed by atoms with Gasteiger partial charge in [0.2, 0.25) is 5.91 Å². The summed E-state index contributed by atoms with van der Waals surface area (Å²) in [5.74, 6) is 1.16. The highest BCUT2D eigenvalue weighted by Gasteiger charge is 2.32. The van der Waals surface area contributed by atoms with Crippen molar-refractivity contribution in [3.63, 3.8) is 0 Å². The van der Waals surface area contributed by atoms with Gasteiger partial charge in [-0.3, -0.25) is 4.79 Å². The van der Waals surface area contributed by atoms with Gasteiger partial charge >= 0.3 is 0 Å². The Labute approximate surface area is 103 Å². The summed E-state index contributed by atoms with van der Waals surface area (Å²) in [6, 6.07) is 0. The van der Waals surface area contributed by atoms with Crippen LogP contribution in [0, 0.1) is 5.92 Å². The molecular weight excluding hydrogens is 226 g/mol. The third-order valence-electron chi connectivity index (χ3n) is 3.06. The second-order valence-electron chi connectivity index (χ2n) is 5.01. The van der Waals surface area contributed by atoms with Crippen LogP contribution in [0.2, 0.25) is 0 Å². The lowest BCUT2D eigenvalue weighted by Gasteiger charge is -2.36. The smallest absolute Gasteiger partial charge is 0.220 e. The third-order valence-corrected chi connectivity index (χ3v) is 3.57. The molecule has 1 fully saturated rings. The van der Waals surface area contributed by atoms with Crippen LogP contribution in [-0.2, 0) is 9.53 Å². The van der Waals surface area contributed by atoms with Crippen LogP contribution in [0.1, 0.15) is 39.5 Å². The molecule has 0 atom stereocenters. The molecule has 1 aliphatic heterocycles. The van der Waals surface area contributed by atoms with E-state index in [1.165, 1.54) is 0 Å². The van der Waals surface area contributed by atoms with Gasteiger partial charge in [-0.25, -0.2) is 0 Å². The Morgan fingerprint density at radius 3 is 2.56 bits per heavy atom. The van der Waals surface area contributed by atoms with Crippen LogP contribution in [0.5, 0.6) is 0 Å². The second kappa shape index (κ2) is 6.45. The zero-order valence-electron chi connectivity index (χ0n) is 10.2. The monoisotopic (exact) mass is 247 g/mol. The Hall–Kier alpha value is -0.280. The van der Waals surface area contributed by atoms with Gasteiger partial charge in [-0.15, -0.1) is 11.6 Å². The number of halogens is 1. The summed E-state index contributed by atoms with van der Waals surface area (Å²) in [5, 5.41) is 3.09. The van der Waals surface area contributed by atoms with E-state index < -0.39 is 0 Å². The van der Waals surface area contributed by atoms with Crippen molar-refractivity contribution in [3.05, 3.63) is 0 Å². The Kier molecular flexibility index (Phi) is 5.56. The minimum absolute atomic E-state index is 0.122. The number of amides is 1. The molecule has 1 heterocycles. The fourth-order valence-electron chi connectivity index (χ4n) is 1.83. The molecule has 94 valence electrons. The van der Waals surface area contributed by atoms with Crippen LogP contribution in [0.15, 0.2) is 0 Å². The van der Waals surface area contributed by atoms with Crippen molar-refractivity contribution in [2.75, 3.05) is 19.1 Å². The summed E-state index contributed by atoms with van der Waals surface area (Å²) in [6.07, 6.45) is 3.17. The quantitative estimate of drug-likeness (QED) is 0.758. The number of rotatable bonds is 5. The zero-order chi connectivity index (χ0) is 12.0. The van der Waals surface area contributed by atoms with Crippen molar-refractivity contribution in [2.24, 2.45) is 5.92 Å². The van der Waals surface area contributed by atoms with Crippen LogP contribution in [0.4, 0.5) is 0 Å². The number of carbonyl (C=O) groups excluding carboxylic acids is 1. The lowest BCUT2D eigenvalue weighted by atomic mass is 9.92. The molecule has 0 aromatic rings. The molecule has 1 saturated heterocycles. The fourth-order valence-corrected chi connectivity index (χ4v) is 2.17. The number of hydrogen-bond acceptors (Lipinski definition) is 2. The van der Waals surface area contributed by atoms with Gasteiger partial charge in [-0.05, 0) is 25.2 Å². The summed E-state index contributed by atoms with van der Waals surface area (Å²) in [7, 11) is 0. The van der Waals surface area contributed by atoms with Crippen molar-refractivity contribution in [1.29, 1.82) is 0 Å². The summed E-state index contributed by atoms with van der Waals surface area (Å²) in [4.78, 5) is 11.8. The molecule has 1 amide bonds. The topological polar surface area (TPSA) is 38.3 Å². The van der Waals surface area contributed by atoms with Crippen LogP contribution >= 0.6 is 11.6 Å². The molecule has 1 aliphatic rings. The van der Waals surface area contributed by atoms with Gasteiger partial charge in [0.05, 0.1) is 5.54 Å². The molecule has 0 aromatic heterocycles. The number of alkyl halides is 1. The lowest BCUT2D eigenvalue weighted by molar-refractivity contribution is -0.124. The molecule has 0 aromatic carbocycles. The maximum atomic E-state index is 11.8. The lowest BCUT2D eigenvalue weighted by Crippen LogP contribution is -2.53. The fraction of sp³-hybridized carbons (Fsp3) is 0.917. The maximum absolute atomic E-state index is 11.8. The Morgan fingerprint density at radius 1 is 1.44 bits per heavy atom. The van der Waals surface area contributed by atoms with Gasteiger partial charge in [0, 0.05) is 25.5 Å². The predicted octanol–water partition coefficient (Wildman–Crippen LogP) is 2.33. The molecule has 0 radical (unpaired) electrons. The van der Waals surface area contributed by atoms with E-state index in [4.69, 9.17) is 16.3 Å². The van der Waals surface area contributed by atoms with Gasteiger partial charge in [-0.1, -0.05) is 13.8 Å². The van der Waals surface area contributed by atoms with Crippen molar-refractivity contribution in [3.8, 4) is 0 Å². The average Bonchev–Trinajstić information content (AvgIpc) is 2.28. The van der Waals surface area contributed by atoms with E-state index in [0.717, 1.165) is 19.3 Å². The number of ether oxygens (including phenoxy) is 1. The second-order valence-corrected chi connectivity index (χ2v) is 5.27. The molecule has 0 aliphatic carbocycles. The van der Waals surface area contributed by atoms with Gasteiger partial charge in [0.1, 0.15) is 0 Å². The highest BCUT2D eigenvalue weighted by Crippen LogP contribution is 2.22. The average molecular weight is 248 g/mol. The first-order chi connectivity index (χ1) is 7.58. The van der Waals surface area contributed by atoms with Crippen molar-refractivity contribution in [2.45, 2.75) is 45.1 Å². The molecule has 0 saturated carbocycles. The molecule has 0 unspecified atom stereocenters. The molecule has 0 bridgehead atoms. The highest BCUT2D eigenvalue weighted by molar-refractivity contribution is 6.18. The van der Waals surface area contributed by atoms with E-state index in [0.29, 0.717) is 31.4 Å². The third kappa shape index (κ3) is 4.30. The Bertz CT molecular complexity index is 225. The van der Waals surface area contributed by atoms with Crippen LogP contribution in [0.25, 0.3) is 0 Å². The SMILES string of the molecule is CC(C)CCC(=O)NC1(CCl)CCOCC1. The largest absolute Gasteiger partial charge is 0.381 e. The maximum Gasteiger partial charge on any atom is 0.220 e. The summed E-state index contributed by atoms with van der Waals surface area (Å²) in [5.41, 5.74) is -0.228. The molecule has 1 N–H and O–H groups in total. The van der Waals surface area contributed by atoms with Gasteiger partial charge in [0.25, 0.3) is 0 Å². The molecule has 4 heteroatoms. The minimum Gasteiger partial charge on any atom is -0.381 e. The highest BCUT2D eigenvalue weighted by atomic mass is 35.5. The first-order valence-corrected chi connectivity index (χ1v) is 6.56. The molecule has 16 heavy (non-hydrogen) atoms. The molecule has 3 nitrogen and oxygen atoms in total. The number of carbonyl (C=O) groups is 1. The summed E-state index contributed by atoms with van der Waals surface area (Å²) in [6.45, 7) is 5.63. The van der Waals surface area contributed by atoms with Crippen molar-refractivity contribution >= 4 is 17.5 Å². The Morgan fingerprint density at radius 2 is 2.06 bits per heavy atom. The molecule has 1 rings (SSSR count). The van der Waals surface area contributed by atoms with Gasteiger partial charge < -0.3 is 10.1 Å². The first kappa shape index (κ1) is 13.8. The van der Waals surface area contributed by atoms with Crippen LogP contribution < -0.4 is 5.32 Å². The molecule has 0 spiro atoms. The van der Waals surface area contributed by atoms with E-state index in [2.05, 4.69) is 19.2 Å². The normalized spacial score (nSPS) is 19.8. The number of hydrogen-bond donors (Lipinski definition) is 1. The number of nitrogens with one attached hydrogen (secondary N) is 1. The standard InChI is InChI=1S/C12H22ClNO2/c1-10(2)3-4-11(15)14-12(9-13)5-7-16-8-6-12/h10H,3-9H2,1-2H3,(H,14,15). The first-order valence-electron chi connectivity index (χ1n) is 6.03. The zero-order valence-corrected chi connectivity index (χ0v) is 11.0. The predicted molar refractivity (Wildman–Crippen MR) is 65.7 cm³/mol. The Balaban J connectivity index is 2.39. The van der Waals surface area contributed by atoms with Crippen LogP contribution in [-0.4, -0.2) is 30.5 Å².